The van der Waals surface area contributed by atoms with E-state index in [2.05, 4.69) is 9.47 Å². The van der Waals surface area contributed by atoms with E-state index in [9.17, 15) is 18.0 Å². The van der Waals surface area contributed by atoms with Crippen molar-refractivity contribution in [3.63, 3.8) is 0 Å². The smallest absolute Gasteiger partial charge is 0.337 e. The maximum absolute atomic E-state index is 11.4. The zero-order chi connectivity index (χ0) is 14.6. The van der Waals surface area contributed by atoms with E-state index in [0.29, 0.717) is 0 Å². The van der Waals surface area contributed by atoms with Crippen molar-refractivity contribution in [1.29, 1.82) is 0 Å². The fourth-order valence-electron chi connectivity index (χ4n) is 1.30. The molecule has 0 saturated heterocycles. The molecule has 0 aliphatic heterocycles. The number of hydrogen-bond donors (Lipinski definition) is 1. The molecule has 0 amide bonds. The van der Waals surface area contributed by atoms with Crippen molar-refractivity contribution in [2.75, 3.05) is 18.9 Å². The Labute approximate surface area is 114 Å². The van der Waals surface area contributed by atoms with E-state index in [-0.39, 0.29) is 16.8 Å². The van der Waals surface area contributed by atoms with E-state index in [1.54, 1.807) is 0 Å². The highest BCUT2D eigenvalue weighted by Gasteiger charge is 2.15. The van der Waals surface area contributed by atoms with Crippen molar-refractivity contribution in [2.24, 2.45) is 0 Å². The predicted molar refractivity (Wildman–Crippen MR) is 67.5 cm³/mol. The Bertz CT molecular complexity index is 578. The summed E-state index contributed by atoms with van der Waals surface area (Å²) in [7, 11) is 3.27. The summed E-state index contributed by atoms with van der Waals surface area (Å²) in [4.78, 5) is 22.8. The zero-order valence-electron chi connectivity index (χ0n) is 9.97. The van der Waals surface area contributed by atoms with Gasteiger partial charge in [-0.1, -0.05) is 0 Å². The average Bonchev–Trinajstić information content (AvgIpc) is 2.34. The van der Waals surface area contributed by atoms with Crippen LogP contribution in [0.25, 0.3) is 0 Å². The number of anilines is 1. The van der Waals surface area contributed by atoms with Crippen LogP contribution in [0.5, 0.6) is 0 Å². The second-order valence-corrected chi connectivity index (χ2v) is 5.62. The van der Waals surface area contributed by atoms with Gasteiger partial charge >= 0.3 is 21.2 Å². The molecular weight excluding hydrogens is 298 g/mol. The van der Waals surface area contributed by atoms with E-state index in [1.807, 2.05) is 4.72 Å². The van der Waals surface area contributed by atoms with Crippen LogP contribution in [0.15, 0.2) is 18.2 Å². The van der Waals surface area contributed by atoms with Crippen molar-refractivity contribution in [3.8, 4) is 0 Å². The van der Waals surface area contributed by atoms with Crippen LogP contribution in [0.1, 0.15) is 20.7 Å². The van der Waals surface area contributed by atoms with Gasteiger partial charge in [-0.15, -0.1) is 0 Å². The average molecular weight is 308 g/mol. The Hall–Kier alpha value is -1.80. The Morgan fingerprint density at radius 2 is 1.47 bits per heavy atom. The molecule has 0 saturated carbocycles. The molecule has 7 nitrogen and oxygen atoms in total. The van der Waals surface area contributed by atoms with Crippen molar-refractivity contribution >= 4 is 37.5 Å². The van der Waals surface area contributed by atoms with Crippen LogP contribution in [-0.2, 0) is 18.7 Å². The number of nitrogens with one attached hydrogen (secondary N) is 1. The minimum atomic E-state index is -4.06. The summed E-state index contributed by atoms with van der Waals surface area (Å²) in [6.45, 7) is 0. The molecule has 19 heavy (non-hydrogen) atoms. The maximum Gasteiger partial charge on any atom is 0.337 e. The van der Waals surface area contributed by atoms with Crippen LogP contribution in [0.4, 0.5) is 5.69 Å². The molecule has 0 spiro atoms. The fraction of sp³-hybridized carbons (Fsp3) is 0.200. The molecular formula is C10H10ClNO6S. The van der Waals surface area contributed by atoms with Gasteiger partial charge in [0.25, 0.3) is 0 Å². The Morgan fingerprint density at radius 1 is 1.05 bits per heavy atom. The normalized spacial score (nSPS) is 10.7. The molecule has 0 aliphatic rings. The monoisotopic (exact) mass is 307 g/mol. The van der Waals surface area contributed by atoms with E-state index in [4.69, 9.17) is 10.7 Å². The number of rotatable bonds is 4. The van der Waals surface area contributed by atoms with E-state index >= 15 is 0 Å². The molecule has 104 valence electrons. The molecule has 1 N–H and O–H groups in total. The highest BCUT2D eigenvalue weighted by Crippen LogP contribution is 2.18. The summed E-state index contributed by atoms with van der Waals surface area (Å²) in [6, 6.07) is 3.57. The first-order chi connectivity index (χ1) is 8.76. The Balaban J connectivity index is 3.31. The Kier molecular flexibility index (Phi) is 4.73. The summed E-state index contributed by atoms with van der Waals surface area (Å²) in [6.07, 6.45) is 0. The molecule has 0 radical (unpaired) electrons. The highest BCUT2D eigenvalue weighted by atomic mass is 35.7. The highest BCUT2D eigenvalue weighted by molar-refractivity contribution is 8.14. The number of methoxy groups -OCH3 is 2. The summed E-state index contributed by atoms with van der Waals surface area (Å²) >= 11 is 0. The lowest BCUT2D eigenvalue weighted by Gasteiger charge is -2.08. The molecule has 0 bridgehead atoms. The SMILES string of the molecule is COC(=O)c1cc(NS(=O)(=O)Cl)cc(C(=O)OC)c1. The molecule has 0 heterocycles. The lowest BCUT2D eigenvalue weighted by Crippen LogP contribution is -2.10. The maximum atomic E-state index is 11.4. The third kappa shape index (κ3) is 4.42. The molecule has 0 aromatic heterocycles. The number of hydrogen-bond acceptors (Lipinski definition) is 6. The van der Waals surface area contributed by atoms with Gasteiger partial charge in [0, 0.05) is 10.7 Å². The summed E-state index contributed by atoms with van der Waals surface area (Å²) in [5, 5.41) is 0. The van der Waals surface area contributed by atoms with Gasteiger partial charge in [-0.25, -0.2) is 9.59 Å². The topological polar surface area (TPSA) is 98.8 Å². The lowest BCUT2D eigenvalue weighted by atomic mass is 10.1. The van der Waals surface area contributed by atoms with Gasteiger partial charge in [0.1, 0.15) is 0 Å². The standard InChI is InChI=1S/C10H10ClNO6S/c1-17-9(13)6-3-7(10(14)18-2)5-8(4-6)12-19(11,15)16/h3-5,12H,1-2H3. The van der Waals surface area contributed by atoms with Crippen molar-refractivity contribution < 1.29 is 27.5 Å². The number of carbonyl (C=O) groups excluding carboxylic acids is 2. The minimum absolute atomic E-state index is 0.0202. The van der Waals surface area contributed by atoms with Crippen LogP contribution in [-0.4, -0.2) is 34.6 Å². The molecule has 0 atom stereocenters. The van der Waals surface area contributed by atoms with Crippen molar-refractivity contribution in [3.05, 3.63) is 29.3 Å². The molecule has 9 heteroatoms. The van der Waals surface area contributed by atoms with Gasteiger partial charge in [-0.05, 0) is 18.2 Å². The fourth-order valence-corrected chi connectivity index (χ4v) is 1.97. The molecule has 0 unspecified atom stereocenters. The first kappa shape index (κ1) is 15.3. The van der Waals surface area contributed by atoms with E-state index in [1.165, 1.54) is 18.2 Å². The van der Waals surface area contributed by atoms with Crippen molar-refractivity contribution in [1.82, 2.24) is 0 Å². The van der Waals surface area contributed by atoms with Crippen LogP contribution >= 0.6 is 10.7 Å². The van der Waals surface area contributed by atoms with Crippen LogP contribution in [0, 0.1) is 0 Å². The minimum Gasteiger partial charge on any atom is -0.465 e. The summed E-state index contributed by atoms with van der Waals surface area (Å²) in [5.41, 5.74) is -0.0975. The third-order valence-electron chi connectivity index (χ3n) is 2.01. The second kappa shape index (κ2) is 5.89. The van der Waals surface area contributed by atoms with E-state index < -0.39 is 21.2 Å². The summed E-state index contributed by atoms with van der Waals surface area (Å²) < 4.78 is 32.8. The zero-order valence-corrected chi connectivity index (χ0v) is 11.5. The summed E-state index contributed by atoms with van der Waals surface area (Å²) in [5.74, 6) is -1.47. The van der Waals surface area contributed by atoms with Crippen LogP contribution in [0.3, 0.4) is 0 Å². The largest absolute Gasteiger partial charge is 0.465 e. The van der Waals surface area contributed by atoms with Gasteiger partial charge in [-0.3, -0.25) is 4.72 Å². The number of halogens is 1. The number of carbonyl (C=O) groups is 2. The van der Waals surface area contributed by atoms with E-state index in [0.717, 1.165) is 14.2 Å². The molecule has 0 aliphatic carbocycles. The van der Waals surface area contributed by atoms with Gasteiger partial charge in [0.05, 0.1) is 31.0 Å². The molecule has 0 fully saturated rings. The lowest BCUT2D eigenvalue weighted by molar-refractivity contribution is 0.0599. The molecule has 1 aromatic carbocycles. The quantitative estimate of drug-likeness (QED) is 0.662. The second-order valence-electron chi connectivity index (χ2n) is 3.32. The van der Waals surface area contributed by atoms with Gasteiger partial charge < -0.3 is 9.47 Å². The van der Waals surface area contributed by atoms with Gasteiger partial charge in [0.2, 0.25) is 0 Å². The van der Waals surface area contributed by atoms with Gasteiger partial charge in [0.15, 0.2) is 0 Å². The molecule has 1 aromatic rings. The first-order valence-corrected chi connectivity index (χ1v) is 7.12. The predicted octanol–water partition coefficient (Wildman–Crippen LogP) is 1.16. The van der Waals surface area contributed by atoms with Crippen LogP contribution < -0.4 is 4.72 Å². The number of esters is 2. The number of benzene rings is 1. The third-order valence-corrected chi connectivity index (χ3v) is 2.73. The van der Waals surface area contributed by atoms with Crippen molar-refractivity contribution in [2.45, 2.75) is 0 Å². The van der Waals surface area contributed by atoms with Gasteiger partial charge in [-0.2, -0.15) is 8.42 Å². The molecule has 1 rings (SSSR count). The number of ether oxygens (including phenoxy) is 2. The Morgan fingerprint density at radius 3 is 1.79 bits per heavy atom. The first-order valence-electron chi connectivity index (χ1n) is 4.81. The van der Waals surface area contributed by atoms with Crippen LogP contribution in [0.2, 0.25) is 0 Å².